The molecule has 2 aromatic heterocycles. The van der Waals surface area contributed by atoms with Crippen molar-refractivity contribution in [2.24, 2.45) is 0 Å². The Morgan fingerprint density at radius 1 is 1.19 bits per heavy atom. The van der Waals surface area contributed by atoms with E-state index in [1.54, 1.807) is 19.9 Å². The summed E-state index contributed by atoms with van der Waals surface area (Å²) in [5, 5.41) is 10.7. The molecule has 3 aromatic rings. The van der Waals surface area contributed by atoms with Crippen LogP contribution in [0.15, 0.2) is 30.6 Å². The number of nitrogen functional groups attached to an aromatic ring is 1. The molecule has 36 heavy (non-hydrogen) atoms. The van der Waals surface area contributed by atoms with E-state index in [0.717, 1.165) is 0 Å². The molecule has 3 heterocycles. The number of nitrogens with one attached hydrogen (secondary N) is 1. The summed E-state index contributed by atoms with van der Waals surface area (Å²) in [7, 11) is 1.89. The van der Waals surface area contributed by atoms with Crippen molar-refractivity contribution in [1.29, 1.82) is 0 Å². The third-order valence-electron chi connectivity index (χ3n) is 6.40. The molecule has 0 saturated carbocycles. The van der Waals surface area contributed by atoms with E-state index in [9.17, 15) is 4.39 Å². The lowest BCUT2D eigenvalue weighted by Crippen LogP contribution is -2.67. The smallest absolute Gasteiger partial charge is 0.215 e. The number of pyridine rings is 2. The first kappa shape index (κ1) is 26.4. The molecular formula is C25H27Cl3FN6O+. The third-order valence-corrected chi connectivity index (χ3v) is 7.48. The van der Waals surface area contributed by atoms with Crippen LogP contribution in [0, 0.1) is 12.7 Å². The van der Waals surface area contributed by atoms with Crippen LogP contribution in [0.3, 0.4) is 0 Å². The molecule has 1 atom stereocenters. The lowest BCUT2D eigenvalue weighted by molar-refractivity contribution is -0.111. The Morgan fingerprint density at radius 3 is 2.53 bits per heavy atom. The fourth-order valence-corrected chi connectivity index (χ4v) is 5.03. The highest BCUT2D eigenvalue weighted by atomic mass is 35.5. The number of rotatable bonds is 7. The van der Waals surface area contributed by atoms with Gasteiger partial charge >= 0.3 is 0 Å². The van der Waals surface area contributed by atoms with Crippen molar-refractivity contribution in [3.63, 3.8) is 0 Å². The molecule has 190 valence electrons. The molecule has 0 radical (unpaired) electrons. The normalized spacial score (nSPS) is 15.4. The second kappa shape index (κ2) is 10.0. The fourth-order valence-electron chi connectivity index (χ4n) is 4.16. The Kier molecular flexibility index (Phi) is 7.35. The molecule has 1 aliphatic rings. The van der Waals surface area contributed by atoms with Crippen molar-refractivity contribution < 1.29 is 14.5 Å². The highest BCUT2D eigenvalue weighted by molar-refractivity contribution is 6.36. The van der Waals surface area contributed by atoms with E-state index in [-0.39, 0.29) is 22.1 Å². The zero-order valence-corrected chi connectivity index (χ0v) is 22.6. The molecule has 0 amide bonds. The summed E-state index contributed by atoms with van der Waals surface area (Å²) < 4.78 is 21.1. The van der Waals surface area contributed by atoms with Gasteiger partial charge in [0.1, 0.15) is 11.9 Å². The van der Waals surface area contributed by atoms with Gasteiger partial charge in [0, 0.05) is 36.7 Å². The first-order chi connectivity index (χ1) is 16.9. The van der Waals surface area contributed by atoms with Crippen LogP contribution in [0.4, 0.5) is 15.9 Å². The molecule has 1 saturated heterocycles. The average Bonchev–Trinajstić information content (AvgIpc) is 2.81. The van der Waals surface area contributed by atoms with Gasteiger partial charge in [-0.25, -0.2) is 9.37 Å². The minimum atomic E-state index is -0.555. The topological polar surface area (TPSA) is 102 Å². The number of halogens is 4. The third kappa shape index (κ3) is 4.95. The Balaban J connectivity index is 1.60. The first-order valence-electron chi connectivity index (χ1n) is 11.2. The SMILES string of the molecule is CNC1(C)CN(c2ncc(C(=[NH2+])c3cc(O[C@H](C)c4c(Cl)cnc(C)c4Cl)c(Cl)cc3N)cc2F)C1. The molecule has 0 aliphatic carbocycles. The summed E-state index contributed by atoms with van der Waals surface area (Å²) in [6, 6.07) is 4.49. The number of likely N-dealkylation sites (N-methyl/N-ethyl adjacent to an activating group) is 1. The van der Waals surface area contributed by atoms with Crippen molar-refractivity contribution in [2.75, 3.05) is 30.8 Å². The number of hydrogen-bond donors (Lipinski definition) is 3. The van der Waals surface area contributed by atoms with E-state index in [2.05, 4.69) is 22.2 Å². The van der Waals surface area contributed by atoms with Crippen molar-refractivity contribution in [3.8, 4) is 5.75 Å². The average molecular weight is 553 g/mol. The Hall–Kier alpha value is -2.65. The van der Waals surface area contributed by atoms with Gasteiger partial charge in [-0.1, -0.05) is 34.8 Å². The Bertz CT molecular complexity index is 1350. The van der Waals surface area contributed by atoms with Gasteiger partial charge < -0.3 is 20.7 Å². The maximum atomic E-state index is 15.0. The quantitative estimate of drug-likeness (QED) is 0.303. The van der Waals surface area contributed by atoms with Crippen LogP contribution in [0.25, 0.3) is 0 Å². The number of nitrogens with zero attached hydrogens (tertiary/aromatic N) is 3. The van der Waals surface area contributed by atoms with Crippen LogP contribution in [-0.2, 0) is 0 Å². The molecular weight excluding hydrogens is 526 g/mol. The predicted molar refractivity (Wildman–Crippen MR) is 143 cm³/mol. The van der Waals surface area contributed by atoms with Gasteiger partial charge in [-0.3, -0.25) is 10.4 Å². The van der Waals surface area contributed by atoms with Crippen LogP contribution in [0.5, 0.6) is 5.75 Å². The van der Waals surface area contributed by atoms with E-state index < -0.39 is 11.9 Å². The van der Waals surface area contributed by atoms with Crippen LogP contribution < -0.4 is 26.1 Å². The first-order valence-corrected chi connectivity index (χ1v) is 12.4. The molecule has 5 N–H and O–H groups in total. The second-order valence-electron chi connectivity index (χ2n) is 9.16. The summed E-state index contributed by atoms with van der Waals surface area (Å²) in [5.41, 5.74) is 8.72. The molecule has 1 fully saturated rings. The minimum Gasteiger partial charge on any atom is -0.484 e. The number of anilines is 2. The summed E-state index contributed by atoms with van der Waals surface area (Å²) >= 11 is 19.2. The molecule has 4 rings (SSSR count). The summed E-state index contributed by atoms with van der Waals surface area (Å²) in [6.45, 7) is 6.94. The molecule has 7 nitrogen and oxygen atoms in total. The maximum Gasteiger partial charge on any atom is 0.215 e. The summed E-state index contributed by atoms with van der Waals surface area (Å²) in [5.74, 6) is 0.126. The molecule has 0 unspecified atom stereocenters. The molecule has 1 aliphatic heterocycles. The van der Waals surface area contributed by atoms with Crippen molar-refractivity contribution in [2.45, 2.75) is 32.4 Å². The Labute approximate surface area is 224 Å². The number of aryl methyl sites for hydroxylation is 1. The van der Waals surface area contributed by atoms with Gasteiger partial charge in [0.2, 0.25) is 5.71 Å². The lowest BCUT2D eigenvalue weighted by Gasteiger charge is -2.48. The van der Waals surface area contributed by atoms with E-state index in [0.29, 0.717) is 57.0 Å². The largest absolute Gasteiger partial charge is 0.484 e. The monoisotopic (exact) mass is 551 g/mol. The predicted octanol–water partition coefficient (Wildman–Crippen LogP) is 4.00. The van der Waals surface area contributed by atoms with Gasteiger partial charge in [0.15, 0.2) is 11.6 Å². The number of nitrogens with two attached hydrogens (primary N) is 2. The molecule has 1 aromatic carbocycles. The van der Waals surface area contributed by atoms with E-state index in [1.807, 2.05) is 11.9 Å². The number of benzene rings is 1. The van der Waals surface area contributed by atoms with Crippen LogP contribution in [0.2, 0.25) is 15.1 Å². The van der Waals surface area contributed by atoms with Gasteiger partial charge in [-0.15, -0.1) is 0 Å². The van der Waals surface area contributed by atoms with E-state index in [4.69, 9.17) is 50.7 Å². The standard InChI is InChI=1S/C25H26Cl3FN6O/c1-12-22(28)21(17(27)9-33-12)13(2)36-20-6-15(19(30)7-16(20)26)23(31)14-5-18(29)24(34-8-14)35-10-25(3,11-35)32-4/h5-9,13,31-32H,10-11,30H2,1-4H3/p+1/t13-/m1/s1. The zero-order valence-electron chi connectivity index (χ0n) is 20.3. The molecule has 0 bridgehead atoms. The Morgan fingerprint density at radius 2 is 1.89 bits per heavy atom. The van der Waals surface area contributed by atoms with Crippen molar-refractivity contribution >= 4 is 52.0 Å². The highest BCUT2D eigenvalue weighted by Gasteiger charge is 2.39. The van der Waals surface area contributed by atoms with Crippen LogP contribution in [0.1, 0.15) is 42.3 Å². The molecule has 0 spiro atoms. The second-order valence-corrected chi connectivity index (χ2v) is 10.4. The lowest BCUT2D eigenvalue weighted by atomic mass is 9.92. The van der Waals surface area contributed by atoms with Crippen LogP contribution in [-0.4, -0.2) is 41.4 Å². The molecule has 11 heteroatoms. The fraction of sp³-hybridized carbons (Fsp3) is 0.320. The van der Waals surface area contributed by atoms with Crippen molar-refractivity contribution in [1.82, 2.24) is 15.3 Å². The van der Waals surface area contributed by atoms with E-state index >= 15 is 0 Å². The zero-order chi connectivity index (χ0) is 26.4. The van der Waals surface area contributed by atoms with Gasteiger partial charge in [0.25, 0.3) is 0 Å². The summed E-state index contributed by atoms with van der Waals surface area (Å²) in [4.78, 5) is 10.3. The van der Waals surface area contributed by atoms with Gasteiger partial charge in [-0.2, -0.15) is 0 Å². The summed E-state index contributed by atoms with van der Waals surface area (Å²) in [6.07, 6.45) is 2.49. The van der Waals surface area contributed by atoms with E-state index in [1.165, 1.54) is 24.5 Å². The highest BCUT2D eigenvalue weighted by Crippen LogP contribution is 2.38. The van der Waals surface area contributed by atoms with Gasteiger partial charge in [-0.05, 0) is 46.0 Å². The minimum absolute atomic E-state index is 0.0628. The number of hydrogen-bond acceptors (Lipinski definition) is 6. The maximum absolute atomic E-state index is 15.0. The van der Waals surface area contributed by atoms with Crippen LogP contribution >= 0.6 is 34.8 Å². The number of ether oxygens (including phenoxy) is 1. The van der Waals surface area contributed by atoms with Crippen molar-refractivity contribution in [3.05, 3.63) is 73.9 Å². The number of aromatic nitrogens is 2. The van der Waals surface area contributed by atoms with Gasteiger partial charge in [0.05, 0.1) is 37.4 Å².